The minimum atomic E-state index is -4.79. The second-order valence-electron chi connectivity index (χ2n) is 10.3. The van der Waals surface area contributed by atoms with E-state index in [-0.39, 0.29) is 30.6 Å². The largest absolute Gasteiger partial charge is 0.418 e. The molecule has 1 atom stereocenters. The SMILES string of the molecule is CC(=O)NC1CCN(c2ccc(C(F)(F)F)c(-n3nc(-c4cc(C)cc(C)c4)c4c(c3=O)N(C(N)=O)CC4)c2)C1. The van der Waals surface area contributed by atoms with E-state index in [4.69, 9.17) is 5.73 Å². The second-order valence-corrected chi connectivity index (χ2v) is 10.3. The number of anilines is 2. The van der Waals surface area contributed by atoms with Gasteiger partial charge in [0.05, 0.1) is 16.9 Å². The van der Waals surface area contributed by atoms with E-state index >= 15 is 0 Å². The number of nitrogens with zero attached hydrogens (tertiary/aromatic N) is 4. The van der Waals surface area contributed by atoms with E-state index in [0.29, 0.717) is 42.0 Å². The topological polar surface area (TPSA) is 114 Å². The fourth-order valence-electron chi connectivity index (χ4n) is 5.66. The van der Waals surface area contributed by atoms with Crippen LogP contribution in [0.3, 0.4) is 0 Å². The molecular formula is C28H29F3N6O3. The monoisotopic (exact) mass is 554 g/mol. The second kappa shape index (κ2) is 10.00. The Hall–Kier alpha value is -4.35. The highest BCUT2D eigenvalue weighted by atomic mass is 19.4. The van der Waals surface area contributed by atoms with Crippen LogP contribution in [0.5, 0.6) is 0 Å². The number of nitrogens with two attached hydrogens (primary N) is 1. The maximum atomic E-state index is 14.3. The Morgan fingerprint density at radius 2 is 1.77 bits per heavy atom. The normalized spacial score (nSPS) is 16.8. The number of alkyl halides is 3. The maximum absolute atomic E-state index is 14.3. The number of primary amides is 1. The van der Waals surface area contributed by atoms with E-state index in [1.807, 2.05) is 36.9 Å². The molecule has 0 spiro atoms. The highest BCUT2D eigenvalue weighted by Gasteiger charge is 2.38. The zero-order chi connectivity index (χ0) is 28.9. The van der Waals surface area contributed by atoms with Gasteiger partial charge >= 0.3 is 12.2 Å². The molecule has 1 saturated heterocycles. The molecule has 3 heterocycles. The molecule has 1 unspecified atom stereocenters. The maximum Gasteiger partial charge on any atom is 0.418 e. The Bertz CT molecular complexity index is 1560. The van der Waals surface area contributed by atoms with E-state index < -0.39 is 29.0 Å². The molecule has 2 aromatic carbocycles. The van der Waals surface area contributed by atoms with Crippen molar-refractivity contribution < 1.29 is 22.8 Å². The van der Waals surface area contributed by atoms with Crippen molar-refractivity contribution in [1.82, 2.24) is 15.1 Å². The van der Waals surface area contributed by atoms with E-state index in [9.17, 15) is 27.6 Å². The highest BCUT2D eigenvalue weighted by Crippen LogP contribution is 2.38. The van der Waals surface area contributed by atoms with Crippen molar-refractivity contribution in [2.45, 2.75) is 45.8 Å². The Kier molecular flexibility index (Phi) is 6.80. The molecule has 12 heteroatoms. The van der Waals surface area contributed by atoms with Gasteiger partial charge in [-0.05, 0) is 57.0 Å². The van der Waals surface area contributed by atoms with Crippen LogP contribution in [-0.4, -0.2) is 47.4 Å². The molecular weight excluding hydrogens is 525 g/mol. The summed E-state index contributed by atoms with van der Waals surface area (Å²) in [5, 5.41) is 7.34. The Morgan fingerprint density at radius 1 is 1.07 bits per heavy atom. The third kappa shape index (κ3) is 5.01. The fraction of sp³-hybridized carbons (Fsp3) is 0.357. The summed E-state index contributed by atoms with van der Waals surface area (Å²) in [5.41, 5.74) is 6.81. The summed E-state index contributed by atoms with van der Waals surface area (Å²) in [6.07, 6.45) is -3.88. The summed E-state index contributed by atoms with van der Waals surface area (Å²) < 4.78 is 43.6. The van der Waals surface area contributed by atoms with Crippen LogP contribution in [0.15, 0.2) is 41.2 Å². The lowest BCUT2D eigenvalue weighted by Crippen LogP contribution is -2.39. The van der Waals surface area contributed by atoms with Crippen LogP contribution in [0.2, 0.25) is 0 Å². The molecule has 0 saturated carbocycles. The minimum Gasteiger partial charge on any atom is -0.369 e. The lowest BCUT2D eigenvalue weighted by molar-refractivity contribution is -0.137. The fourth-order valence-corrected chi connectivity index (χ4v) is 5.66. The molecule has 0 radical (unpaired) electrons. The van der Waals surface area contributed by atoms with Gasteiger partial charge in [-0.3, -0.25) is 14.5 Å². The number of aryl methyl sites for hydroxylation is 2. The van der Waals surface area contributed by atoms with E-state index in [2.05, 4.69) is 10.4 Å². The van der Waals surface area contributed by atoms with Gasteiger partial charge in [-0.1, -0.05) is 17.2 Å². The van der Waals surface area contributed by atoms with Crippen molar-refractivity contribution in [2.24, 2.45) is 5.73 Å². The molecule has 1 fully saturated rings. The molecule has 0 bridgehead atoms. The average Bonchev–Trinajstić information content (AvgIpc) is 3.50. The van der Waals surface area contributed by atoms with Gasteiger partial charge in [0.25, 0.3) is 5.56 Å². The quantitative estimate of drug-likeness (QED) is 0.511. The number of fused-ring (bicyclic) bond motifs is 1. The van der Waals surface area contributed by atoms with Crippen molar-refractivity contribution in [3.05, 3.63) is 69.0 Å². The van der Waals surface area contributed by atoms with Crippen LogP contribution >= 0.6 is 0 Å². The molecule has 3 N–H and O–H groups in total. The van der Waals surface area contributed by atoms with Gasteiger partial charge in [0.2, 0.25) is 5.91 Å². The van der Waals surface area contributed by atoms with Gasteiger partial charge < -0.3 is 16.0 Å². The van der Waals surface area contributed by atoms with Gasteiger partial charge in [0.1, 0.15) is 5.69 Å². The number of nitrogens with one attached hydrogen (secondary N) is 1. The lowest BCUT2D eigenvalue weighted by atomic mass is 10.0. The molecule has 2 aliphatic rings. The van der Waals surface area contributed by atoms with Crippen LogP contribution in [0, 0.1) is 13.8 Å². The smallest absolute Gasteiger partial charge is 0.369 e. The third-order valence-electron chi connectivity index (χ3n) is 7.26. The standard InChI is InChI=1S/C28H29F3N6O3/c1-15-10-16(2)12-18(11-15)24-21-7-9-36(27(32)40)25(21)26(39)37(34-24)23-13-20(4-5-22(23)28(29,30)31)35-8-6-19(14-35)33-17(3)38/h4-5,10-13,19H,6-9,14H2,1-3H3,(H2,32,40)(H,33,38). The summed E-state index contributed by atoms with van der Waals surface area (Å²) >= 11 is 0. The number of hydrogen-bond acceptors (Lipinski definition) is 5. The summed E-state index contributed by atoms with van der Waals surface area (Å²) in [5.74, 6) is -0.188. The molecule has 0 aliphatic carbocycles. The number of carbonyl (C=O) groups excluding carboxylic acids is 2. The van der Waals surface area contributed by atoms with Gasteiger partial charge in [-0.25, -0.2) is 4.79 Å². The number of hydrogen-bond donors (Lipinski definition) is 2. The first kappa shape index (κ1) is 27.2. The Morgan fingerprint density at radius 3 is 2.40 bits per heavy atom. The van der Waals surface area contributed by atoms with Crippen LogP contribution in [0.25, 0.3) is 16.9 Å². The Labute approximate surface area is 228 Å². The zero-order valence-electron chi connectivity index (χ0n) is 22.3. The number of rotatable bonds is 4. The van der Waals surface area contributed by atoms with Gasteiger partial charge in [-0.15, -0.1) is 0 Å². The molecule has 1 aromatic heterocycles. The predicted molar refractivity (Wildman–Crippen MR) is 145 cm³/mol. The highest BCUT2D eigenvalue weighted by molar-refractivity contribution is 5.94. The van der Waals surface area contributed by atoms with Gasteiger partial charge in [0.15, 0.2) is 0 Å². The van der Waals surface area contributed by atoms with E-state index in [1.165, 1.54) is 19.1 Å². The number of carbonyl (C=O) groups is 2. The van der Waals surface area contributed by atoms with Crippen LogP contribution in [-0.2, 0) is 17.4 Å². The summed E-state index contributed by atoms with van der Waals surface area (Å²) in [7, 11) is 0. The number of aromatic nitrogens is 2. The summed E-state index contributed by atoms with van der Waals surface area (Å²) in [6.45, 7) is 6.21. The van der Waals surface area contributed by atoms with Crippen molar-refractivity contribution >= 4 is 23.3 Å². The molecule has 3 aromatic rings. The number of urea groups is 1. The molecule has 5 rings (SSSR count). The van der Waals surface area contributed by atoms with Crippen molar-refractivity contribution in [1.29, 1.82) is 0 Å². The molecule has 9 nitrogen and oxygen atoms in total. The first-order valence-corrected chi connectivity index (χ1v) is 12.9. The average molecular weight is 555 g/mol. The number of halogens is 3. The molecule has 3 amide bonds. The van der Waals surface area contributed by atoms with Crippen molar-refractivity contribution in [2.75, 3.05) is 29.4 Å². The lowest BCUT2D eigenvalue weighted by Gasteiger charge is -2.23. The van der Waals surface area contributed by atoms with E-state index in [1.54, 1.807) is 0 Å². The number of benzene rings is 2. The molecule has 40 heavy (non-hydrogen) atoms. The predicted octanol–water partition coefficient (Wildman–Crippen LogP) is 3.69. The van der Waals surface area contributed by atoms with Gasteiger partial charge in [-0.2, -0.15) is 23.0 Å². The van der Waals surface area contributed by atoms with Crippen LogP contribution < -0.4 is 26.4 Å². The summed E-state index contributed by atoms with van der Waals surface area (Å²) in [4.78, 5) is 40.5. The number of amides is 3. The van der Waals surface area contributed by atoms with Crippen molar-refractivity contribution in [3.63, 3.8) is 0 Å². The van der Waals surface area contributed by atoms with E-state index in [0.717, 1.165) is 26.8 Å². The van der Waals surface area contributed by atoms with Gasteiger partial charge in [0, 0.05) is 49.4 Å². The zero-order valence-corrected chi connectivity index (χ0v) is 22.3. The first-order valence-electron chi connectivity index (χ1n) is 12.9. The van der Waals surface area contributed by atoms with Crippen molar-refractivity contribution in [3.8, 4) is 16.9 Å². The van der Waals surface area contributed by atoms with Crippen LogP contribution in [0.1, 0.15) is 35.6 Å². The Balaban J connectivity index is 1.74. The molecule has 2 aliphatic heterocycles. The minimum absolute atomic E-state index is 0.0675. The third-order valence-corrected chi connectivity index (χ3v) is 7.26. The first-order chi connectivity index (χ1) is 18.8. The summed E-state index contributed by atoms with van der Waals surface area (Å²) in [6, 6.07) is 8.17. The van der Waals surface area contributed by atoms with Crippen LogP contribution in [0.4, 0.5) is 29.3 Å². The molecule has 210 valence electrons.